The van der Waals surface area contributed by atoms with Gasteiger partial charge in [0.15, 0.2) is 0 Å². The summed E-state index contributed by atoms with van der Waals surface area (Å²) in [5.41, 5.74) is 2.76. The summed E-state index contributed by atoms with van der Waals surface area (Å²) < 4.78 is 14.1. The molecule has 2 rings (SSSR count). The molecule has 0 bridgehead atoms. The van der Waals surface area contributed by atoms with Crippen LogP contribution in [0, 0.1) is 16.3 Å². The molecule has 1 nitrogen and oxygen atoms in total. The van der Waals surface area contributed by atoms with E-state index in [1.165, 1.54) is 12.1 Å². The Morgan fingerprint density at radius 2 is 2.07 bits per heavy atom. The van der Waals surface area contributed by atoms with Gasteiger partial charge in [0, 0.05) is 15.3 Å². The normalized spacial score (nSPS) is 10.3. The minimum atomic E-state index is -0.231. The van der Waals surface area contributed by atoms with Gasteiger partial charge in [-0.15, -0.1) is 0 Å². The van der Waals surface area contributed by atoms with Gasteiger partial charge in [-0.2, -0.15) is 0 Å². The van der Waals surface area contributed by atoms with E-state index in [1.54, 1.807) is 12.3 Å². The third-order valence-electron chi connectivity index (χ3n) is 2.08. The van der Waals surface area contributed by atoms with Crippen molar-refractivity contribution in [3.8, 4) is 11.3 Å². The number of halogens is 2. The molecule has 0 N–H and O–H groups in total. The monoisotopic (exact) mass is 313 g/mol. The highest BCUT2D eigenvalue weighted by atomic mass is 127. The van der Waals surface area contributed by atoms with Gasteiger partial charge in [0.1, 0.15) is 5.82 Å². The Bertz CT molecular complexity index is 497. The molecule has 0 saturated heterocycles. The van der Waals surface area contributed by atoms with Gasteiger partial charge >= 0.3 is 0 Å². The zero-order valence-electron chi connectivity index (χ0n) is 8.17. The number of aromatic nitrogens is 1. The molecular weight excluding hydrogens is 304 g/mol. The summed E-state index contributed by atoms with van der Waals surface area (Å²) in [6.07, 6.45) is 1.79. The van der Waals surface area contributed by atoms with Crippen LogP contribution in [0.1, 0.15) is 5.56 Å². The zero-order valence-corrected chi connectivity index (χ0v) is 10.3. The zero-order chi connectivity index (χ0) is 10.8. The molecule has 1 aromatic carbocycles. The summed E-state index contributed by atoms with van der Waals surface area (Å²) in [6.45, 7) is 1.99. The van der Waals surface area contributed by atoms with Crippen LogP contribution in [0.5, 0.6) is 0 Å². The molecule has 0 radical (unpaired) electrons. The Hall–Kier alpha value is -0.970. The molecule has 0 saturated carbocycles. The first-order chi connectivity index (χ1) is 7.16. The number of hydrogen-bond donors (Lipinski definition) is 0. The van der Waals surface area contributed by atoms with Crippen molar-refractivity contribution in [1.82, 2.24) is 4.98 Å². The summed E-state index contributed by atoms with van der Waals surface area (Å²) in [7, 11) is 0. The first-order valence-electron chi connectivity index (χ1n) is 4.55. The molecule has 76 valence electrons. The topological polar surface area (TPSA) is 12.9 Å². The third kappa shape index (κ3) is 2.34. The molecule has 1 aromatic heterocycles. The SMILES string of the molecule is Cc1cnc(-c2cccc(F)c2)c(I)c1. The fourth-order valence-corrected chi connectivity index (χ4v) is 2.32. The fraction of sp³-hybridized carbons (Fsp3) is 0.0833. The van der Waals surface area contributed by atoms with Crippen molar-refractivity contribution in [3.05, 3.63) is 51.5 Å². The average molecular weight is 313 g/mol. The maximum Gasteiger partial charge on any atom is 0.123 e. The van der Waals surface area contributed by atoms with Crippen LogP contribution in [0.15, 0.2) is 36.5 Å². The standard InChI is InChI=1S/C12H9FIN/c1-8-5-11(14)12(15-7-8)9-3-2-4-10(13)6-9/h2-7H,1H3. The van der Waals surface area contributed by atoms with E-state index < -0.39 is 0 Å². The molecule has 0 aliphatic heterocycles. The van der Waals surface area contributed by atoms with Crippen LogP contribution in [0.3, 0.4) is 0 Å². The minimum Gasteiger partial charge on any atom is -0.255 e. The van der Waals surface area contributed by atoms with Gasteiger partial charge in [0.25, 0.3) is 0 Å². The Morgan fingerprint density at radius 1 is 1.27 bits per heavy atom. The lowest BCUT2D eigenvalue weighted by Crippen LogP contribution is -1.89. The highest BCUT2D eigenvalue weighted by Gasteiger charge is 2.05. The smallest absolute Gasteiger partial charge is 0.123 e. The molecule has 2 aromatic rings. The first-order valence-corrected chi connectivity index (χ1v) is 5.63. The summed E-state index contributed by atoms with van der Waals surface area (Å²) in [4.78, 5) is 4.31. The fourth-order valence-electron chi connectivity index (χ4n) is 1.38. The summed E-state index contributed by atoms with van der Waals surface area (Å²) in [5.74, 6) is -0.231. The van der Waals surface area contributed by atoms with Crippen molar-refractivity contribution >= 4 is 22.6 Å². The van der Waals surface area contributed by atoms with Gasteiger partial charge in [-0.25, -0.2) is 4.39 Å². The highest BCUT2D eigenvalue weighted by molar-refractivity contribution is 14.1. The Labute approximate surface area is 102 Å². The Balaban J connectivity index is 2.54. The lowest BCUT2D eigenvalue weighted by molar-refractivity contribution is 0.628. The Morgan fingerprint density at radius 3 is 2.73 bits per heavy atom. The molecule has 1 heterocycles. The summed E-state index contributed by atoms with van der Waals surface area (Å²) in [6, 6.07) is 8.53. The van der Waals surface area contributed by atoms with Crippen molar-refractivity contribution in [1.29, 1.82) is 0 Å². The Kier molecular flexibility index (Phi) is 3.00. The van der Waals surface area contributed by atoms with Gasteiger partial charge in [0.05, 0.1) is 5.69 Å². The number of nitrogens with zero attached hydrogens (tertiary/aromatic N) is 1. The molecule has 0 unspecified atom stereocenters. The van der Waals surface area contributed by atoms with Crippen molar-refractivity contribution in [3.63, 3.8) is 0 Å². The van der Waals surface area contributed by atoms with Crippen LogP contribution >= 0.6 is 22.6 Å². The van der Waals surface area contributed by atoms with Gasteiger partial charge in [-0.05, 0) is 53.3 Å². The van der Waals surface area contributed by atoms with Crippen LogP contribution in [0.25, 0.3) is 11.3 Å². The van der Waals surface area contributed by atoms with Gasteiger partial charge in [-0.1, -0.05) is 12.1 Å². The molecule has 3 heteroatoms. The van der Waals surface area contributed by atoms with Crippen LogP contribution in [0.2, 0.25) is 0 Å². The third-order valence-corrected chi connectivity index (χ3v) is 2.90. The van der Waals surface area contributed by atoms with Crippen molar-refractivity contribution in [2.24, 2.45) is 0 Å². The van der Waals surface area contributed by atoms with Crippen LogP contribution in [-0.4, -0.2) is 4.98 Å². The van der Waals surface area contributed by atoms with E-state index in [0.29, 0.717) is 0 Å². The maximum atomic E-state index is 13.0. The predicted octanol–water partition coefficient (Wildman–Crippen LogP) is 3.80. The summed E-state index contributed by atoms with van der Waals surface area (Å²) >= 11 is 2.22. The molecule has 0 spiro atoms. The van der Waals surface area contributed by atoms with E-state index in [4.69, 9.17) is 0 Å². The average Bonchev–Trinajstić information content (AvgIpc) is 2.17. The van der Waals surface area contributed by atoms with E-state index >= 15 is 0 Å². The van der Waals surface area contributed by atoms with Crippen molar-refractivity contribution in [2.45, 2.75) is 6.92 Å². The second-order valence-electron chi connectivity index (χ2n) is 3.35. The number of benzene rings is 1. The van der Waals surface area contributed by atoms with E-state index in [0.717, 1.165) is 20.4 Å². The van der Waals surface area contributed by atoms with Crippen molar-refractivity contribution < 1.29 is 4.39 Å². The lowest BCUT2D eigenvalue weighted by atomic mass is 10.1. The number of hydrogen-bond acceptors (Lipinski definition) is 1. The van der Waals surface area contributed by atoms with E-state index in [2.05, 4.69) is 27.6 Å². The second-order valence-corrected chi connectivity index (χ2v) is 4.52. The summed E-state index contributed by atoms with van der Waals surface area (Å²) in [5, 5.41) is 0. The lowest BCUT2D eigenvalue weighted by Gasteiger charge is -2.04. The largest absolute Gasteiger partial charge is 0.255 e. The number of aryl methyl sites for hydroxylation is 1. The van der Waals surface area contributed by atoms with Crippen LogP contribution in [-0.2, 0) is 0 Å². The molecular formula is C12H9FIN. The predicted molar refractivity (Wildman–Crippen MR) is 67.1 cm³/mol. The quantitative estimate of drug-likeness (QED) is 0.730. The molecule has 0 aliphatic carbocycles. The molecule has 0 atom stereocenters. The maximum absolute atomic E-state index is 13.0. The van der Waals surface area contributed by atoms with Crippen molar-refractivity contribution in [2.75, 3.05) is 0 Å². The van der Waals surface area contributed by atoms with Crippen LogP contribution in [0.4, 0.5) is 4.39 Å². The first kappa shape index (κ1) is 10.5. The number of rotatable bonds is 1. The van der Waals surface area contributed by atoms with Gasteiger partial charge in [-0.3, -0.25) is 4.98 Å². The van der Waals surface area contributed by atoms with Gasteiger partial charge in [0.2, 0.25) is 0 Å². The molecule has 0 aliphatic rings. The second kappa shape index (κ2) is 4.26. The molecule has 0 fully saturated rings. The van der Waals surface area contributed by atoms with Crippen LogP contribution < -0.4 is 0 Å². The molecule has 0 amide bonds. The highest BCUT2D eigenvalue weighted by Crippen LogP contribution is 2.23. The van der Waals surface area contributed by atoms with E-state index in [9.17, 15) is 4.39 Å². The van der Waals surface area contributed by atoms with Gasteiger partial charge < -0.3 is 0 Å². The minimum absolute atomic E-state index is 0.231. The number of pyridine rings is 1. The van der Waals surface area contributed by atoms with E-state index in [1.807, 2.05) is 19.1 Å². The molecule has 15 heavy (non-hydrogen) atoms. The van der Waals surface area contributed by atoms with E-state index in [-0.39, 0.29) is 5.82 Å².